The zero-order valence-electron chi connectivity index (χ0n) is 23.5. The van der Waals surface area contributed by atoms with Crippen molar-refractivity contribution >= 4 is 12.0 Å². The number of aliphatic hydroxyl groups is 5. The van der Waals surface area contributed by atoms with Gasteiger partial charge in [-0.25, -0.2) is 4.79 Å². The van der Waals surface area contributed by atoms with E-state index in [4.69, 9.17) is 23.7 Å². The Bertz CT molecular complexity index is 1300. The second-order valence-electron chi connectivity index (χ2n) is 10.4. The fourth-order valence-corrected chi connectivity index (χ4v) is 4.76. The molecule has 10 atom stereocenters. The van der Waals surface area contributed by atoms with Crippen LogP contribution >= 0.6 is 0 Å². The summed E-state index contributed by atoms with van der Waals surface area (Å²) < 4.78 is 28.2. The van der Waals surface area contributed by atoms with Gasteiger partial charge >= 0.3 is 5.97 Å². The van der Waals surface area contributed by atoms with Crippen LogP contribution in [0.4, 0.5) is 0 Å². The third-order valence-electron chi connectivity index (χ3n) is 7.27. The molecule has 0 amide bonds. The number of ether oxygens (including phenoxy) is 5. The van der Waals surface area contributed by atoms with Crippen molar-refractivity contribution in [3.8, 4) is 23.0 Å². The van der Waals surface area contributed by atoms with Gasteiger partial charge in [0, 0.05) is 6.08 Å². The number of aliphatic hydroxyl groups excluding tert-OH is 5. The fourth-order valence-electron chi connectivity index (χ4n) is 4.76. The Morgan fingerprint density at radius 1 is 0.818 bits per heavy atom. The first-order chi connectivity index (χ1) is 20.9. The molecule has 2 saturated heterocycles. The van der Waals surface area contributed by atoms with Gasteiger partial charge in [-0.1, -0.05) is 12.1 Å². The highest BCUT2D eigenvalue weighted by molar-refractivity contribution is 5.87. The molecule has 0 aliphatic carbocycles. The summed E-state index contributed by atoms with van der Waals surface area (Å²) in [6, 6.07) is 7.98. The van der Waals surface area contributed by atoms with Crippen LogP contribution < -0.4 is 0 Å². The normalized spacial score (nSPS) is 32.5. The van der Waals surface area contributed by atoms with Crippen LogP contribution in [0.3, 0.4) is 0 Å². The van der Waals surface area contributed by atoms with Crippen LogP contribution in [0, 0.1) is 0 Å². The van der Waals surface area contributed by atoms with E-state index in [1.165, 1.54) is 43.3 Å². The highest BCUT2D eigenvalue weighted by atomic mass is 16.7. The molecule has 0 saturated carbocycles. The third kappa shape index (κ3) is 7.76. The van der Waals surface area contributed by atoms with Crippen LogP contribution in [-0.2, 0) is 34.9 Å². The van der Waals surface area contributed by atoms with Crippen LogP contribution in [0.5, 0.6) is 23.0 Å². The van der Waals surface area contributed by atoms with Gasteiger partial charge in [0.25, 0.3) is 0 Å². The number of benzene rings is 2. The lowest BCUT2D eigenvalue weighted by atomic mass is 9.97. The van der Waals surface area contributed by atoms with E-state index in [0.29, 0.717) is 11.1 Å². The Labute approximate surface area is 251 Å². The molecule has 2 aliphatic heterocycles. The second-order valence-corrected chi connectivity index (χ2v) is 10.4. The Kier molecular flexibility index (Phi) is 11.0. The maximum atomic E-state index is 12.8. The van der Waals surface area contributed by atoms with Gasteiger partial charge < -0.3 is 69.6 Å². The molecule has 0 aromatic heterocycles. The minimum atomic E-state index is -1.77. The monoisotopic (exact) mass is 624 g/mol. The lowest BCUT2D eigenvalue weighted by Gasteiger charge is -2.46. The van der Waals surface area contributed by atoms with Crippen molar-refractivity contribution in [2.75, 3.05) is 13.2 Å². The number of hydrogen-bond acceptors (Lipinski definition) is 15. The first kappa shape index (κ1) is 33.4. The molecule has 242 valence electrons. The first-order valence-corrected chi connectivity index (χ1v) is 13.7. The van der Waals surface area contributed by atoms with Crippen molar-refractivity contribution < 1.29 is 74.4 Å². The Hall–Kier alpha value is -3.51. The molecule has 44 heavy (non-hydrogen) atoms. The molecule has 2 heterocycles. The predicted octanol–water partition coefficient (Wildman–Crippen LogP) is -1.02. The standard InChI is InChI=1S/C29H36O15/c1-13-22(36)23(37)24(38)29(41-13)44-27-25(39)28(40-9-8-15-3-6-17(32)19(34)11-15)42-20(12-30)26(27)43-21(35)7-4-14-2-5-16(31)18(33)10-14/h2-7,10-11,13,20,22-34,36-39H,8-9,12H2,1H3/b7-4+/t13-,20+,22+,23-,24-,25+,26+,27+,28+,29-/m0/s1. The summed E-state index contributed by atoms with van der Waals surface area (Å²) in [6.07, 6.45) is -12.6. The van der Waals surface area contributed by atoms with Crippen molar-refractivity contribution in [2.45, 2.75) is 74.8 Å². The molecular formula is C29H36O15. The Morgan fingerprint density at radius 3 is 2.16 bits per heavy atom. The van der Waals surface area contributed by atoms with Gasteiger partial charge in [-0.3, -0.25) is 0 Å². The summed E-state index contributed by atoms with van der Waals surface area (Å²) >= 11 is 0. The fraction of sp³-hybridized carbons (Fsp3) is 0.483. The highest BCUT2D eigenvalue weighted by Crippen LogP contribution is 2.32. The number of aromatic hydroxyl groups is 4. The summed E-state index contributed by atoms with van der Waals surface area (Å²) in [6.45, 7) is 0.606. The Balaban J connectivity index is 1.52. The maximum Gasteiger partial charge on any atom is 0.331 e. The molecule has 0 spiro atoms. The summed E-state index contributed by atoms with van der Waals surface area (Å²) in [5.41, 5.74) is 0.914. The van der Waals surface area contributed by atoms with E-state index < -0.39 is 79.7 Å². The zero-order valence-corrected chi connectivity index (χ0v) is 23.5. The first-order valence-electron chi connectivity index (χ1n) is 13.7. The molecule has 15 heteroatoms. The lowest BCUT2D eigenvalue weighted by Crippen LogP contribution is -2.65. The van der Waals surface area contributed by atoms with Crippen molar-refractivity contribution in [3.05, 3.63) is 53.6 Å². The SMILES string of the molecule is C[C@@H]1O[C@@H](O[C@@H]2[C@@H](O)[C@H](OCCc3ccc(O)c(O)c3)O[C@H](CO)[C@H]2OC(=O)/C=C/c2ccc(O)c(O)c2)[C@@H](O)[C@@H](O)[C@@H]1O. The molecule has 4 rings (SSSR count). The van der Waals surface area contributed by atoms with E-state index in [-0.39, 0.29) is 30.3 Å². The third-order valence-corrected chi connectivity index (χ3v) is 7.27. The number of esters is 1. The average Bonchev–Trinajstić information content (AvgIpc) is 2.99. The summed E-state index contributed by atoms with van der Waals surface area (Å²) in [5.74, 6) is -2.40. The minimum Gasteiger partial charge on any atom is -0.504 e. The number of phenolic OH excluding ortho intramolecular Hbond substituents is 4. The van der Waals surface area contributed by atoms with Crippen molar-refractivity contribution in [1.82, 2.24) is 0 Å². The van der Waals surface area contributed by atoms with Gasteiger partial charge in [0.15, 0.2) is 41.7 Å². The van der Waals surface area contributed by atoms with Crippen LogP contribution in [0.25, 0.3) is 6.08 Å². The lowest BCUT2D eigenvalue weighted by molar-refractivity contribution is -0.357. The van der Waals surface area contributed by atoms with E-state index in [9.17, 15) is 50.8 Å². The number of hydrogen-bond donors (Lipinski definition) is 9. The summed E-state index contributed by atoms with van der Waals surface area (Å²) in [7, 11) is 0. The molecule has 2 aromatic carbocycles. The second kappa shape index (κ2) is 14.5. The molecule has 9 N–H and O–H groups in total. The van der Waals surface area contributed by atoms with Gasteiger partial charge in [-0.2, -0.15) is 0 Å². The smallest absolute Gasteiger partial charge is 0.331 e. The molecule has 2 fully saturated rings. The molecule has 0 radical (unpaired) electrons. The molecule has 2 aromatic rings. The van der Waals surface area contributed by atoms with Gasteiger partial charge in [-0.15, -0.1) is 0 Å². The molecular weight excluding hydrogens is 588 g/mol. The van der Waals surface area contributed by atoms with Gasteiger partial charge in [0.2, 0.25) is 0 Å². The van der Waals surface area contributed by atoms with Crippen molar-refractivity contribution in [3.63, 3.8) is 0 Å². The molecule has 15 nitrogen and oxygen atoms in total. The number of rotatable bonds is 10. The zero-order chi connectivity index (χ0) is 32.1. The van der Waals surface area contributed by atoms with Gasteiger partial charge in [0.05, 0.1) is 19.3 Å². The summed E-state index contributed by atoms with van der Waals surface area (Å²) in [5, 5.41) is 90.5. The van der Waals surface area contributed by atoms with Crippen LogP contribution in [0.2, 0.25) is 0 Å². The number of carbonyl (C=O) groups excluding carboxylic acids is 1. The van der Waals surface area contributed by atoms with E-state index in [1.54, 1.807) is 6.07 Å². The van der Waals surface area contributed by atoms with Crippen molar-refractivity contribution in [2.24, 2.45) is 0 Å². The molecule has 0 bridgehead atoms. The van der Waals surface area contributed by atoms with E-state index in [0.717, 1.165) is 6.08 Å². The van der Waals surface area contributed by atoms with Crippen LogP contribution in [0.1, 0.15) is 18.1 Å². The minimum absolute atomic E-state index is 0.0754. The molecule has 0 unspecified atom stereocenters. The van der Waals surface area contributed by atoms with Crippen molar-refractivity contribution in [1.29, 1.82) is 0 Å². The number of carbonyl (C=O) groups is 1. The highest BCUT2D eigenvalue weighted by Gasteiger charge is 2.52. The summed E-state index contributed by atoms with van der Waals surface area (Å²) in [4.78, 5) is 12.8. The van der Waals surface area contributed by atoms with E-state index in [1.807, 2.05) is 0 Å². The topological polar surface area (TPSA) is 245 Å². The van der Waals surface area contributed by atoms with Crippen LogP contribution in [0.15, 0.2) is 42.5 Å². The van der Waals surface area contributed by atoms with Gasteiger partial charge in [0.1, 0.15) is 36.6 Å². The molecule has 2 aliphatic rings. The van der Waals surface area contributed by atoms with Crippen LogP contribution in [-0.4, -0.2) is 127 Å². The quantitative estimate of drug-likeness (QED) is 0.0873. The number of phenols is 4. The maximum absolute atomic E-state index is 12.8. The predicted molar refractivity (Wildman–Crippen MR) is 147 cm³/mol. The van der Waals surface area contributed by atoms with Gasteiger partial charge in [-0.05, 0) is 54.8 Å². The van der Waals surface area contributed by atoms with E-state index in [2.05, 4.69) is 0 Å². The largest absolute Gasteiger partial charge is 0.504 e. The Morgan fingerprint density at radius 2 is 1.50 bits per heavy atom. The average molecular weight is 625 g/mol. The van der Waals surface area contributed by atoms with E-state index >= 15 is 0 Å².